The van der Waals surface area contributed by atoms with Crippen molar-refractivity contribution < 1.29 is 0 Å². The summed E-state index contributed by atoms with van der Waals surface area (Å²) in [5.41, 5.74) is 2.92. The highest BCUT2D eigenvalue weighted by molar-refractivity contribution is 7.78. The molecule has 0 bridgehead atoms. The molecule has 4 heteroatoms. The molecular weight excluding hydrogens is 230 g/mol. The summed E-state index contributed by atoms with van der Waals surface area (Å²) in [5.74, 6) is 0. The summed E-state index contributed by atoms with van der Waals surface area (Å²) >= 11 is 4.69. The van der Waals surface area contributed by atoms with Crippen molar-refractivity contribution in [2.24, 2.45) is 4.99 Å². The summed E-state index contributed by atoms with van der Waals surface area (Å²) in [7, 11) is 0. The summed E-state index contributed by atoms with van der Waals surface area (Å²) in [6.45, 7) is 0. The molecule has 0 saturated heterocycles. The smallest absolute Gasteiger partial charge is 0.0840 e. The predicted octanol–water partition coefficient (Wildman–Crippen LogP) is 1.86. The number of benzene rings is 1. The molecule has 0 spiro atoms. The Hall–Kier alpha value is -2.16. The summed E-state index contributed by atoms with van der Waals surface area (Å²) in [6, 6.07) is 2.00. The van der Waals surface area contributed by atoms with Crippen LogP contribution in [0.3, 0.4) is 0 Å². The van der Waals surface area contributed by atoms with Crippen molar-refractivity contribution in [1.29, 1.82) is 0 Å². The van der Waals surface area contributed by atoms with Gasteiger partial charge in [-0.05, 0) is 36.5 Å². The lowest BCUT2D eigenvalue weighted by Gasteiger charge is -2.16. The summed E-state index contributed by atoms with van der Waals surface area (Å²) in [6.07, 6.45) is 11.8. The molecule has 0 fully saturated rings. The standard InChI is InChI=1S/C13H9N3S/c17-8-16-11-7-9-3-1-5-14-12(9)13-10(11)4-2-6-15-13/h1-7,14-15H. The van der Waals surface area contributed by atoms with Gasteiger partial charge in [-0.1, -0.05) is 6.08 Å². The molecule has 0 saturated carbocycles. The van der Waals surface area contributed by atoms with Gasteiger partial charge in [0.15, 0.2) is 0 Å². The van der Waals surface area contributed by atoms with E-state index in [-0.39, 0.29) is 0 Å². The minimum absolute atomic E-state index is 0.832. The van der Waals surface area contributed by atoms with Crippen LogP contribution in [0.25, 0.3) is 12.2 Å². The van der Waals surface area contributed by atoms with Crippen molar-refractivity contribution in [3.8, 4) is 0 Å². The van der Waals surface area contributed by atoms with E-state index in [0.717, 1.165) is 27.5 Å². The highest BCUT2D eigenvalue weighted by atomic mass is 32.1. The maximum absolute atomic E-state index is 4.69. The molecule has 2 heterocycles. The van der Waals surface area contributed by atoms with Gasteiger partial charge in [0, 0.05) is 22.8 Å². The van der Waals surface area contributed by atoms with Gasteiger partial charge < -0.3 is 10.6 Å². The molecule has 1 aromatic carbocycles. The maximum atomic E-state index is 4.69. The first kappa shape index (κ1) is 10.0. The average molecular weight is 239 g/mol. The van der Waals surface area contributed by atoms with Crippen LogP contribution in [0.4, 0.5) is 17.1 Å². The molecule has 0 unspecified atom stereocenters. The Kier molecular flexibility index (Phi) is 2.37. The molecule has 0 radical (unpaired) electrons. The summed E-state index contributed by atoms with van der Waals surface area (Å²) in [4.78, 5) is 4.12. The molecular formula is C13H9N3S. The Labute approximate surface area is 104 Å². The lowest BCUT2D eigenvalue weighted by molar-refractivity contribution is 1.39. The van der Waals surface area contributed by atoms with Crippen LogP contribution in [-0.4, -0.2) is 5.16 Å². The Morgan fingerprint density at radius 3 is 2.65 bits per heavy atom. The zero-order valence-corrected chi connectivity index (χ0v) is 9.71. The van der Waals surface area contributed by atoms with Gasteiger partial charge in [0.1, 0.15) is 0 Å². The molecule has 0 aromatic heterocycles. The normalized spacial score (nSPS) is 14.1. The molecule has 17 heavy (non-hydrogen) atoms. The van der Waals surface area contributed by atoms with Crippen LogP contribution in [0.2, 0.25) is 0 Å². The monoisotopic (exact) mass is 239 g/mol. The van der Waals surface area contributed by atoms with Gasteiger partial charge in [-0.15, -0.1) is 0 Å². The number of isothiocyanates is 1. The Morgan fingerprint density at radius 2 is 1.82 bits per heavy atom. The number of nitrogens with one attached hydrogen (secondary N) is 2. The number of thiocarbonyl (C=S) groups is 1. The van der Waals surface area contributed by atoms with E-state index in [1.165, 1.54) is 0 Å². The molecule has 3 rings (SSSR count). The van der Waals surface area contributed by atoms with E-state index in [2.05, 4.69) is 33.0 Å². The van der Waals surface area contributed by atoms with E-state index >= 15 is 0 Å². The van der Waals surface area contributed by atoms with Crippen molar-refractivity contribution in [3.63, 3.8) is 0 Å². The number of rotatable bonds is 1. The molecule has 82 valence electrons. The topological polar surface area (TPSA) is 36.4 Å². The first-order valence-electron chi connectivity index (χ1n) is 5.22. The van der Waals surface area contributed by atoms with Crippen molar-refractivity contribution in [2.75, 3.05) is 10.6 Å². The van der Waals surface area contributed by atoms with Crippen molar-refractivity contribution >= 4 is 46.6 Å². The fourth-order valence-corrected chi connectivity index (χ4v) is 2.11. The van der Waals surface area contributed by atoms with Crippen LogP contribution in [0.5, 0.6) is 0 Å². The van der Waals surface area contributed by atoms with Crippen molar-refractivity contribution in [3.05, 3.63) is 41.1 Å². The first-order chi connectivity index (χ1) is 8.40. The van der Waals surface area contributed by atoms with Crippen LogP contribution in [0.1, 0.15) is 0 Å². The quantitative estimate of drug-likeness (QED) is 0.580. The van der Waals surface area contributed by atoms with Crippen LogP contribution >= 0.6 is 12.2 Å². The number of hydrogen-bond acceptors (Lipinski definition) is 4. The van der Waals surface area contributed by atoms with E-state index in [4.69, 9.17) is 0 Å². The van der Waals surface area contributed by atoms with Gasteiger partial charge in [-0.2, -0.15) is 4.99 Å². The average Bonchev–Trinajstić information content (AvgIpc) is 2.39. The van der Waals surface area contributed by atoms with Gasteiger partial charge in [-0.3, -0.25) is 0 Å². The van der Waals surface area contributed by atoms with Gasteiger partial charge in [-0.25, -0.2) is 0 Å². The number of allylic oxidation sites excluding steroid dienone is 2. The van der Waals surface area contributed by atoms with Crippen molar-refractivity contribution in [2.45, 2.75) is 0 Å². The van der Waals surface area contributed by atoms with Crippen LogP contribution in [0, 0.1) is 0 Å². The van der Waals surface area contributed by atoms with E-state index in [1.807, 2.05) is 42.8 Å². The highest BCUT2D eigenvalue weighted by Gasteiger charge is 2.11. The molecule has 0 atom stereocenters. The molecule has 0 amide bonds. The number of fused-ring (bicyclic) bond motifs is 3. The number of anilines is 2. The summed E-state index contributed by atoms with van der Waals surface area (Å²) in [5, 5.41) is 11.0. The first-order valence-corrected chi connectivity index (χ1v) is 5.62. The largest absolute Gasteiger partial charge is 0.359 e. The van der Waals surface area contributed by atoms with Crippen molar-refractivity contribution in [1.82, 2.24) is 0 Å². The third-order valence-corrected chi connectivity index (χ3v) is 2.82. The fraction of sp³-hybridized carbons (Fsp3) is 0. The number of hydrogen-bond donors (Lipinski definition) is 2. The highest BCUT2D eigenvalue weighted by Crippen LogP contribution is 2.20. The summed E-state index contributed by atoms with van der Waals surface area (Å²) < 4.78 is 0. The zero-order valence-electron chi connectivity index (χ0n) is 8.90. The maximum Gasteiger partial charge on any atom is 0.0840 e. The Bertz CT molecular complexity index is 707. The number of aliphatic imine (C=N–C) groups is 1. The lowest BCUT2D eigenvalue weighted by Crippen LogP contribution is -2.22. The van der Waals surface area contributed by atoms with Gasteiger partial charge in [0.25, 0.3) is 0 Å². The predicted molar refractivity (Wildman–Crippen MR) is 74.8 cm³/mol. The molecule has 1 aromatic rings. The lowest BCUT2D eigenvalue weighted by atomic mass is 10.1. The van der Waals surface area contributed by atoms with E-state index in [1.54, 1.807) is 0 Å². The molecule has 0 aliphatic carbocycles. The van der Waals surface area contributed by atoms with Gasteiger partial charge in [0.2, 0.25) is 0 Å². The SMILES string of the molecule is S=C=Nc1cc2c(c3c1=CC=CN3)NC=CC=2. The minimum atomic E-state index is 0.832. The molecule has 2 aliphatic rings. The second kappa shape index (κ2) is 4.01. The van der Waals surface area contributed by atoms with Gasteiger partial charge in [0.05, 0.1) is 22.2 Å². The van der Waals surface area contributed by atoms with Crippen LogP contribution in [0.15, 0.2) is 35.6 Å². The third-order valence-electron chi connectivity index (χ3n) is 2.73. The fourth-order valence-electron chi connectivity index (χ4n) is 2.01. The Balaban J connectivity index is 2.44. The van der Waals surface area contributed by atoms with Gasteiger partial charge >= 0.3 is 0 Å². The second-order valence-electron chi connectivity index (χ2n) is 3.69. The zero-order chi connectivity index (χ0) is 11.7. The Morgan fingerprint density at radius 1 is 1.06 bits per heavy atom. The van der Waals surface area contributed by atoms with E-state index in [0.29, 0.717) is 0 Å². The van der Waals surface area contributed by atoms with E-state index < -0.39 is 0 Å². The second-order valence-corrected chi connectivity index (χ2v) is 3.87. The van der Waals surface area contributed by atoms with E-state index in [9.17, 15) is 0 Å². The third kappa shape index (κ3) is 1.60. The van der Waals surface area contributed by atoms with Crippen LogP contribution in [-0.2, 0) is 0 Å². The molecule has 2 N–H and O–H groups in total. The molecule has 3 nitrogen and oxygen atoms in total. The van der Waals surface area contributed by atoms with Crippen LogP contribution < -0.4 is 21.1 Å². The minimum Gasteiger partial charge on any atom is -0.359 e. The number of nitrogens with zero attached hydrogens (tertiary/aromatic N) is 1. The molecule has 2 aliphatic heterocycles.